The molecule has 2 aromatic rings. The number of hydrogen-bond acceptors (Lipinski definition) is 6. The largest absolute Gasteiger partial charge is 0.393 e. The summed E-state index contributed by atoms with van der Waals surface area (Å²) < 4.78 is 26.1. The topological polar surface area (TPSA) is 77.9 Å². The molecule has 7 heteroatoms. The van der Waals surface area contributed by atoms with Crippen molar-refractivity contribution in [2.24, 2.45) is 5.16 Å². The molecule has 0 saturated carbocycles. The van der Waals surface area contributed by atoms with Crippen molar-refractivity contribution in [3.8, 4) is 11.3 Å². The maximum Gasteiger partial charge on any atom is 0.264 e. The molecule has 6 nitrogen and oxygen atoms in total. The zero-order valence-corrected chi connectivity index (χ0v) is 13.8. The molecule has 1 heterocycles. The number of nitrogens with zero attached hydrogens (tertiary/aromatic N) is 2. The van der Waals surface area contributed by atoms with Crippen LogP contribution < -0.4 is 0 Å². The molecule has 0 unspecified atom stereocenters. The van der Waals surface area contributed by atoms with E-state index in [-0.39, 0.29) is 13.2 Å². The van der Waals surface area contributed by atoms with Gasteiger partial charge >= 0.3 is 0 Å². The summed E-state index contributed by atoms with van der Waals surface area (Å²) in [5.41, 5.74) is 3.53. The maximum atomic E-state index is 10.8. The van der Waals surface area contributed by atoms with Gasteiger partial charge in [-0.25, -0.2) is 0 Å². The summed E-state index contributed by atoms with van der Waals surface area (Å²) >= 11 is 0. The van der Waals surface area contributed by atoms with E-state index in [0.717, 1.165) is 23.1 Å². The van der Waals surface area contributed by atoms with Crippen LogP contribution in [0.15, 0.2) is 53.8 Å². The Balaban J connectivity index is 1.92. The molecular formula is C16H18N2O4S. The van der Waals surface area contributed by atoms with Gasteiger partial charge in [0.05, 0.1) is 17.7 Å². The maximum absolute atomic E-state index is 10.8. The molecule has 122 valence electrons. The predicted octanol–water partition coefficient (Wildman–Crippen LogP) is 2.47. The van der Waals surface area contributed by atoms with Gasteiger partial charge in [-0.05, 0) is 24.6 Å². The summed E-state index contributed by atoms with van der Waals surface area (Å²) in [7, 11) is -3.44. The number of benzene rings is 1. The van der Waals surface area contributed by atoms with Gasteiger partial charge in [-0.1, -0.05) is 35.5 Å². The molecule has 0 amide bonds. The molecule has 0 bridgehead atoms. The van der Waals surface area contributed by atoms with Crippen LogP contribution in [0.5, 0.6) is 0 Å². The fourth-order valence-electron chi connectivity index (χ4n) is 1.83. The molecule has 0 aliphatic carbocycles. The Morgan fingerprint density at radius 2 is 1.87 bits per heavy atom. The van der Waals surface area contributed by atoms with Gasteiger partial charge < -0.3 is 4.84 Å². The Bertz CT molecular complexity index is 756. The third kappa shape index (κ3) is 5.80. The van der Waals surface area contributed by atoms with E-state index < -0.39 is 10.1 Å². The lowest BCUT2D eigenvalue weighted by atomic mass is 10.1. The van der Waals surface area contributed by atoms with E-state index >= 15 is 0 Å². The molecule has 0 atom stereocenters. The highest BCUT2D eigenvalue weighted by atomic mass is 32.2. The van der Waals surface area contributed by atoms with Gasteiger partial charge in [-0.2, -0.15) is 8.42 Å². The van der Waals surface area contributed by atoms with Crippen molar-refractivity contribution in [1.29, 1.82) is 0 Å². The van der Waals surface area contributed by atoms with Crippen LogP contribution in [0.3, 0.4) is 0 Å². The molecule has 0 saturated heterocycles. The minimum Gasteiger partial charge on any atom is -0.393 e. The second-order valence-electron chi connectivity index (χ2n) is 4.83. The molecule has 0 aliphatic rings. The number of aromatic nitrogens is 1. The lowest BCUT2D eigenvalue weighted by Crippen LogP contribution is -2.08. The van der Waals surface area contributed by atoms with E-state index in [0.29, 0.717) is 5.71 Å². The van der Waals surface area contributed by atoms with Gasteiger partial charge in [-0.3, -0.25) is 9.17 Å². The van der Waals surface area contributed by atoms with Gasteiger partial charge in [0, 0.05) is 11.8 Å². The third-order valence-electron chi connectivity index (χ3n) is 2.94. The number of pyridine rings is 1. The van der Waals surface area contributed by atoms with E-state index in [9.17, 15) is 8.42 Å². The zero-order valence-electron chi connectivity index (χ0n) is 13.0. The van der Waals surface area contributed by atoms with Crippen LogP contribution in [0.2, 0.25) is 0 Å². The second-order valence-corrected chi connectivity index (χ2v) is 6.47. The fourth-order valence-corrected chi connectivity index (χ4v) is 2.20. The van der Waals surface area contributed by atoms with E-state index in [1.165, 1.54) is 0 Å². The first-order valence-electron chi connectivity index (χ1n) is 6.98. The van der Waals surface area contributed by atoms with E-state index in [2.05, 4.69) is 14.3 Å². The number of rotatable bonds is 7. The first kappa shape index (κ1) is 17.1. The summed E-state index contributed by atoms with van der Waals surface area (Å²) in [6.07, 6.45) is 2.74. The molecule has 23 heavy (non-hydrogen) atoms. The van der Waals surface area contributed by atoms with Crippen LogP contribution in [-0.2, 0) is 19.1 Å². The second kappa shape index (κ2) is 7.85. The van der Waals surface area contributed by atoms with Crippen LogP contribution in [0.1, 0.15) is 12.5 Å². The molecule has 0 spiro atoms. The van der Waals surface area contributed by atoms with Crippen LogP contribution in [0.4, 0.5) is 0 Å². The van der Waals surface area contributed by atoms with Crippen molar-refractivity contribution >= 4 is 15.8 Å². The fraction of sp³-hybridized carbons (Fsp3) is 0.250. The summed E-state index contributed by atoms with van der Waals surface area (Å²) in [6.45, 7) is 1.82. The average Bonchev–Trinajstić information content (AvgIpc) is 2.54. The quantitative estimate of drug-likeness (QED) is 0.336. The third-order valence-corrected chi connectivity index (χ3v) is 3.53. The van der Waals surface area contributed by atoms with Crippen LogP contribution in [-0.4, -0.2) is 38.6 Å². The van der Waals surface area contributed by atoms with Crippen molar-refractivity contribution in [1.82, 2.24) is 4.98 Å². The minimum atomic E-state index is -3.44. The normalized spacial score (nSPS) is 12.2. The van der Waals surface area contributed by atoms with Crippen molar-refractivity contribution < 1.29 is 17.4 Å². The first-order chi connectivity index (χ1) is 11.0. The molecule has 0 N–H and O–H groups in total. The number of oxime groups is 1. The van der Waals surface area contributed by atoms with E-state index in [4.69, 9.17) is 4.84 Å². The van der Waals surface area contributed by atoms with Gasteiger partial charge in [0.15, 0.2) is 0 Å². The minimum absolute atomic E-state index is 0.0613. The lowest BCUT2D eigenvalue weighted by molar-refractivity contribution is 0.109. The summed E-state index contributed by atoms with van der Waals surface area (Å²) in [5, 5.41) is 3.94. The van der Waals surface area contributed by atoms with Crippen LogP contribution >= 0.6 is 0 Å². The number of hydrogen-bond donors (Lipinski definition) is 0. The molecule has 0 radical (unpaired) electrons. The highest BCUT2D eigenvalue weighted by Crippen LogP contribution is 2.17. The van der Waals surface area contributed by atoms with Crippen molar-refractivity contribution in [2.75, 3.05) is 19.5 Å². The highest BCUT2D eigenvalue weighted by Gasteiger charge is 2.03. The van der Waals surface area contributed by atoms with Gasteiger partial charge in [-0.15, -0.1) is 0 Å². The average molecular weight is 334 g/mol. The van der Waals surface area contributed by atoms with Crippen LogP contribution in [0, 0.1) is 0 Å². The first-order valence-corrected chi connectivity index (χ1v) is 8.80. The Morgan fingerprint density at radius 1 is 1.13 bits per heavy atom. The van der Waals surface area contributed by atoms with Crippen molar-refractivity contribution in [3.63, 3.8) is 0 Å². The molecular weight excluding hydrogens is 316 g/mol. The zero-order chi connectivity index (χ0) is 16.7. The van der Waals surface area contributed by atoms with E-state index in [1.807, 2.05) is 49.4 Å². The van der Waals surface area contributed by atoms with Gasteiger partial charge in [0.2, 0.25) is 0 Å². The molecule has 1 aromatic carbocycles. The Hall–Kier alpha value is -2.25. The van der Waals surface area contributed by atoms with Gasteiger partial charge in [0.1, 0.15) is 13.2 Å². The summed E-state index contributed by atoms with van der Waals surface area (Å²) in [4.78, 5) is 9.34. The molecule has 0 aliphatic heterocycles. The van der Waals surface area contributed by atoms with E-state index in [1.54, 1.807) is 6.20 Å². The van der Waals surface area contributed by atoms with Crippen LogP contribution in [0.25, 0.3) is 11.3 Å². The Labute approximate surface area is 135 Å². The SMILES string of the molecule is CC(=NOCCOS(C)(=O)=O)c1ccc(-c2ccccn2)cc1. The molecule has 2 rings (SSSR count). The van der Waals surface area contributed by atoms with Gasteiger partial charge in [0.25, 0.3) is 10.1 Å². The highest BCUT2D eigenvalue weighted by molar-refractivity contribution is 7.85. The smallest absolute Gasteiger partial charge is 0.264 e. The molecule has 1 aromatic heterocycles. The monoisotopic (exact) mass is 334 g/mol. The Morgan fingerprint density at radius 3 is 2.48 bits per heavy atom. The molecule has 0 fully saturated rings. The predicted molar refractivity (Wildman–Crippen MR) is 88.6 cm³/mol. The van der Waals surface area contributed by atoms with Crippen molar-refractivity contribution in [2.45, 2.75) is 6.92 Å². The lowest BCUT2D eigenvalue weighted by Gasteiger charge is -2.04. The van der Waals surface area contributed by atoms with Crippen molar-refractivity contribution in [3.05, 3.63) is 54.2 Å². The summed E-state index contributed by atoms with van der Waals surface area (Å²) in [6, 6.07) is 13.5. The standard InChI is InChI=1S/C16H18N2O4S/c1-13(18-21-11-12-22-23(2,19)20)14-6-8-15(9-7-14)16-5-3-4-10-17-16/h3-10H,11-12H2,1-2H3. The Kier molecular flexibility index (Phi) is 5.84. The summed E-state index contributed by atoms with van der Waals surface area (Å²) in [5.74, 6) is 0.